The molecule has 0 heterocycles. The topological polar surface area (TPSA) is 18.5 Å². The van der Waals surface area contributed by atoms with Crippen LogP contribution in [0.4, 0.5) is 0 Å². The van der Waals surface area contributed by atoms with Gasteiger partial charge in [0.05, 0.1) is 14.2 Å². The van der Waals surface area contributed by atoms with E-state index < -0.39 is 0 Å². The summed E-state index contributed by atoms with van der Waals surface area (Å²) in [7, 11) is 3.45. The summed E-state index contributed by atoms with van der Waals surface area (Å²) in [6.45, 7) is 4.31. The normalized spacial score (nSPS) is 11.6. The van der Waals surface area contributed by atoms with Gasteiger partial charge in [-0.2, -0.15) is 0 Å². The molecule has 0 amide bonds. The predicted molar refractivity (Wildman–Crippen MR) is 133 cm³/mol. The molecule has 2 nitrogen and oxygen atoms in total. The van der Waals surface area contributed by atoms with Gasteiger partial charge in [0.2, 0.25) is 0 Å². The number of benzene rings is 4. The predicted octanol–water partition coefficient (Wildman–Crippen LogP) is 7.33. The molecule has 0 radical (unpaired) electrons. The minimum Gasteiger partial charge on any atom is -0.496 e. The van der Waals surface area contributed by atoms with Crippen molar-refractivity contribution < 1.29 is 9.47 Å². The Morgan fingerprint density at radius 1 is 0.438 bits per heavy atom. The quantitative estimate of drug-likeness (QED) is 0.304. The number of ether oxygens (including phenoxy) is 2. The Bertz CT molecular complexity index is 1170. The minimum atomic E-state index is 0.840. The van der Waals surface area contributed by atoms with Crippen LogP contribution in [0.3, 0.4) is 0 Å². The molecule has 32 heavy (non-hydrogen) atoms. The number of para-hydroxylation sites is 2. The number of hydrogen-bond acceptors (Lipinski definition) is 2. The fourth-order valence-corrected chi connectivity index (χ4v) is 4.24. The average molecular weight is 421 g/mol. The molecule has 0 saturated carbocycles. The third-order valence-corrected chi connectivity index (χ3v) is 5.83. The molecule has 0 bridgehead atoms. The molecule has 4 aromatic carbocycles. The Morgan fingerprint density at radius 3 is 1.09 bits per heavy atom. The molecule has 0 atom stereocenters. The Hall–Kier alpha value is -3.78. The first-order valence-electron chi connectivity index (χ1n) is 10.8. The summed E-state index contributed by atoms with van der Waals surface area (Å²) in [5, 5.41) is 0. The Morgan fingerprint density at radius 2 is 0.750 bits per heavy atom. The van der Waals surface area contributed by atoms with Crippen LogP contribution in [0, 0.1) is 13.8 Å². The molecule has 0 fully saturated rings. The van der Waals surface area contributed by atoms with Gasteiger partial charge in [0.1, 0.15) is 11.5 Å². The standard InChI is InChI=1S/C30H28O2/c1-21-13-5-7-15-23(21)29(25-17-9-11-19-27(25)31-3)30(24-16-8-6-14-22(24)2)26-18-10-12-20-28(26)32-4/h5-20H,1-4H3/b30-29+. The number of aryl methyl sites for hydroxylation is 2. The summed E-state index contributed by atoms with van der Waals surface area (Å²) in [4.78, 5) is 0. The summed E-state index contributed by atoms with van der Waals surface area (Å²) in [6.07, 6.45) is 0. The van der Waals surface area contributed by atoms with Crippen molar-refractivity contribution in [2.45, 2.75) is 13.8 Å². The highest BCUT2D eigenvalue weighted by Crippen LogP contribution is 2.44. The van der Waals surface area contributed by atoms with Crippen LogP contribution in [-0.2, 0) is 0 Å². The SMILES string of the molecule is COc1ccccc1/C(=C(\c1ccccc1C)c1ccccc1OC)c1ccccc1C. The van der Waals surface area contributed by atoms with Crippen LogP contribution >= 0.6 is 0 Å². The zero-order valence-electron chi connectivity index (χ0n) is 19.1. The molecule has 2 heteroatoms. The molecule has 0 N–H and O–H groups in total. The van der Waals surface area contributed by atoms with Gasteiger partial charge in [-0.3, -0.25) is 0 Å². The molecular formula is C30H28O2. The molecule has 4 aromatic rings. The van der Waals surface area contributed by atoms with Crippen molar-refractivity contribution in [2.24, 2.45) is 0 Å². The maximum Gasteiger partial charge on any atom is 0.126 e. The van der Waals surface area contributed by atoms with E-state index in [1.807, 2.05) is 24.3 Å². The second-order valence-corrected chi connectivity index (χ2v) is 7.78. The van der Waals surface area contributed by atoms with Gasteiger partial charge in [-0.15, -0.1) is 0 Å². The fraction of sp³-hybridized carbons (Fsp3) is 0.133. The van der Waals surface area contributed by atoms with E-state index in [2.05, 4.69) is 86.6 Å². The van der Waals surface area contributed by atoms with E-state index in [4.69, 9.17) is 9.47 Å². The van der Waals surface area contributed by atoms with Crippen molar-refractivity contribution in [3.05, 3.63) is 130 Å². The summed E-state index contributed by atoms with van der Waals surface area (Å²) in [6, 6.07) is 33.5. The van der Waals surface area contributed by atoms with E-state index in [0.717, 1.165) is 33.8 Å². The van der Waals surface area contributed by atoms with E-state index >= 15 is 0 Å². The van der Waals surface area contributed by atoms with Crippen LogP contribution in [0.5, 0.6) is 11.5 Å². The largest absolute Gasteiger partial charge is 0.496 e. The zero-order chi connectivity index (χ0) is 22.5. The van der Waals surface area contributed by atoms with Gasteiger partial charge in [-0.1, -0.05) is 84.9 Å². The molecule has 0 aliphatic rings. The van der Waals surface area contributed by atoms with Gasteiger partial charge in [0.15, 0.2) is 0 Å². The van der Waals surface area contributed by atoms with Gasteiger partial charge >= 0.3 is 0 Å². The Kier molecular flexibility index (Phi) is 6.42. The third-order valence-electron chi connectivity index (χ3n) is 5.83. The lowest BCUT2D eigenvalue weighted by Gasteiger charge is -2.23. The van der Waals surface area contributed by atoms with Gasteiger partial charge in [-0.05, 0) is 48.2 Å². The second-order valence-electron chi connectivity index (χ2n) is 7.78. The summed E-state index contributed by atoms with van der Waals surface area (Å²) in [5.74, 6) is 1.68. The highest BCUT2D eigenvalue weighted by molar-refractivity contribution is 6.07. The van der Waals surface area contributed by atoms with Crippen LogP contribution in [0.1, 0.15) is 33.4 Å². The summed E-state index contributed by atoms with van der Waals surface area (Å²) < 4.78 is 11.7. The maximum absolute atomic E-state index is 5.83. The maximum atomic E-state index is 5.83. The Labute approximate surface area is 190 Å². The van der Waals surface area contributed by atoms with Gasteiger partial charge in [0.25, 0.3) is 0 Å². The smallest absolute Gasteiger partial charge is 0.126 e. The molecule has 160 valence electrons. The molecule has 4 rings (SSSR count). The number of rotatable bonds is 6. The van der Waals surface area contributed by atoms with E-state index in [-0.39, 0.29) is 0 Å². The van der Waals surface area contributed by atoms with Gasteiger partial charge in [0, 0.05) is 22.3 Å². The summed E-state index contributed by atoms with van der Waals surface area (Å²) in [5.41, 5.74) is 9.09. The van der Waals surface area contributed by atoms with Crippen LogP contribution in [-0.4, -0.2) is 14.2 Å². The van der Waals surface area contributed by atoms with Crippen molar-refractivity contribution in [3.8, 4) is 11.5 Å². The van der Waals surface area contributed by atoms with Crippen LogP contribution < -0.4 is 9.47 Å². The van der Waals surface area contributed by atoms with Crippen molar-refractivity contribution >= 4 is 11.1 Å². The van der Waals surface area contributed by atoms with E-state index in [1.54, 1.807) is 14.2 Å². The molecule has 0 aliphatic heterocycles. The lowest BCUT2D eigenvalue weighted by molar-refractivity contribution is 0.413. The lowest BCUT2D eigenvalue weighted by atomic mass is 9.82. The van der Waals surface area contributed by atoms with Gasteiger partial charge < -0.3 is 9.47 Å². The third kappa shape index (κ3) is 4.04. The van der Waals surface area contributed by atoms with E-state index in [0.29, 0.717) is 0 Å². The van der Waals surface area contributed by atoms with Crippen LogP contribution in [0.25, 0.3) is 11.1 Å². The second kappa shape index (κ2) is 9.57. The number of hydrogen-bond donors (Lipinski definition) is 0. The zero-order valence-corrected chi connectivity index (χ0v) is 19.1. The molecule has 0 aliphatic carbocycles. The fourth-order valence-electron chi connectivity index (χ4n) is 4.24. The Balaban J connectivity index is 2.24. The molecule has 0 aromatic heterocycles. The highest BCUT2D eigenvalue weighted by atomic mass is 16.5. The van der Waals surface area contributed by atoms with Crippen molar-refractivity contribution in [1.82, 2.24) is 0 Å². The van der Waals surface area contributed by atoms with Crippen LogP contribution in [0.15, 0.2) is 97.1 Å². The van der Waals surface area contributed by atoms with E-state index in [9.17, 15) is 0 Å². The first-order valence-corrected chi connectivity index (χ1v) is 10.8. The van der Waals surface area contributed by atoms with Crippen molar-refractivity contribution in [1.29, 1.82) is 0 Å². The molecule has 0 unspecified atom stereocenters. The van der Waals surface area contributed by atoms with Gasteiger partial charge in [-0.25, -0.2) is 0 Å². The minimum absolute atomic E-state index is 0.840. The van der Waals surface area contributed by atoms with Crippen molar-refractivity contribution in [3.63, 3.8) is 0 Å². The molecule has 0 saturated heterocycles. The monoisotopic (exact) mass is 420 g/mol. The summed E-state index contributed by atoms with van der Waals surface area (Å²) >= 11 is 0. The average Bonchev–Trinajstić information content (AvgIpc) is 2.84. The highest BCUT2D eigenvalue weighted by Gasteiger charge is 2.22. The van der Waals surface area contributed by atoms with Crippen molar-refractivity contribution in [2.75, 3.05) is 14.2 Å². The lowest BCUT2D eigenvalue weighted by Crippen LogP contribution is -2.03. The number of methoxy groups -OCH3 is 2. The molecular weight excluding hydrogens is 392 g/mol. The first kappa shape index (κ1) is 21.5. The van der Waals surface area contributed by atoms with E-state index in [1.165, 1.54) is 22.3 Å². The molecule has 0 spiro atoms. The first-order chi connectivity index (χ1) is 15.7. The van der Waals surface area contributed by atoms with Crippen LogP contribution in [0.2, 0.25) is 0 Å².